The number of piperidine rings is 1. The number of ether oxygens (including phenoxy) is 2. The molecule has 1 saturated carbocycles. The Bertz CT molecular complexity index is 1160. The number of carbonyl (C=O) groups excluding carboxylic acids is 2. The van der Waals surface area contributed by atoms with Gasteiger partial charge in [0.25, 0.3) is 5.91 Å². The molecule has 1 heterocycles. The third kappa shape index (κ3) is 5.96. The van der Waals surface area contributed by atoms with Crippen LogP contribution in [-0.4, -0.2) is 41.8 Å². The predicted octanol–water partition coefficient (Wildman–Crippen LogP) is 5.57. The van der Waals surface area contributed by atoms with E-state index in [0.29, 0.717) is 41.8 Å². The zero-order valence-corrected chi connectivity index (χ0v) is 21.6. The summed E-state index contributed by atoms with van der Waals surface area (Å²) in [6.07, 6.45) is -2.76. The summed E-state index contributed by atoms with van der Waals surface area (Å²) in [4.78, 5) is 26.8. The first-order chi connectivity index (χ1) is 17.0. The highest BCUT2D eigenvalue weighted by Gasteiger charge is 2.52. The minimum absolute atomic E-state index is 0.0469. The SMILES string of the molecule is CCC(C)c1cc(CC(=O)N2CCC(Oc3ccc(Br)cc3C(N)=O)C3CC32)ccc1OC(F)(F)F. The van der Waals surface area contributed by atoms with E-state index in [0.717, 1.165) is 10.9 Å². The Morgan fingerprint density at radius 3 is 2.58 bits per heavy atom. The first kappa shape index (κ1) is 26.3. The molecule has 0 radical (unpaired) electrons. The Balaban J connectivity index is 1.42. The summed E-state index contributed by atoms with van der Waals surface area (Å²) in [7, 11) is 0. The molecule has 2 amide bonds. The second kappa shape index (κ2) is 10.3. The number of fused-ring (bicyclic) bond motifs is 1. The van der Waals surface area contributed by atoms with E-state index in [1.54, 1.807) is 24.3 Å². The van der Waals surface area contributed by atoms with Crippen LogP contribution in [-0.2, 0) is 11.2 Å². The lowest BCUT2D eigenvalue weighted by Gasteiger charge is -2.32. The molecule has 0 aromatic heterocycles. The highest BCUT2D eigenvalue weighted by Crippen LogP contribution is 2.45. The van der Waals surface area contributed by atoms with E-state index in [1.165, 1.54) is 12.1 Å². The van der Waals surface area contributed by atoms with Crippen LogP contribution in [0.25, 0.3) is 0 Å². The number of likely N-dealkylation sites (tertiary alicyclic amines) is 1. The normalized spacial score (nSPS) is 21.9. The number of amides is 2. The van der Waals surface area contributed by atoms with E-state index < -0.39 is 12.3 Å². The van der Waals surface area contributed by atoms with Crippen molar-refractivity contribution in [1.29, 1.82) is 0 Å². The van der Waals surface area contributed by atoms with Crippen molar-refractivity contribution in [1.82, 2.24) is 4.90 Å². The average Bonchev–Trinajstić information content (AvgIpc) is 3.61. The molecule has 2 aliphatic rings. The summed E-state index contributed by atoms with van der Waals surface area (Å²) in [5, 5.41) is 0. The second-order valence-corrected chi connectivity index (χ2v) is 10.3. The monoisotopic (exact) mass is 568 g/mol. The summed E-state index contributed by atoms with van der Waals surface area (Å²) in [6, 6.07) is 9.62. The summed E-state index contributed by atoms with van der Waals surface area (Å²) in [6.45, 7) is 4.22. The second-order valence-electron chi connectivity index (χ2n) is 9.41. The Hall–Kier alpha value is -2.75. The van der Waals surface area contributed by atoms with Gasteiger partial charge in [-0.1, -0.05) is 41.9 Å². The van der Waals surface area contributed by atoms with Gasteiger partial charge >= 0.3 is 6.36 Å². The Morgan fingerprint density at radius 2 is 1.92 bits per heavy atom. The molecule has 2 aromatic carbocycles. The van der Waals surface area contributed by atoms with Crippen LogP contribution >= 0.6 is 15.9 Å². The van der Waals surface area contributed by atoms with Crippen LogP contribution in [0.3, 0.4) is 0 Å². The molecule has 1 saturated heterocycles. The van der Waals surface area contributed by atoms with E-state index in [9.17, 15) is 22.8 Å². The summed E-state index contributed by atoms with van der Waals surface area (Å²) < 4.78 is 49.5. The highest BCUT2D eigenvalue weighted by molar-refractivity contribution is 9.10. The molecule has 2 aromatic rings. The fraction of sp³-hybridized carbons (Fsp3) is 0.462. The molecule has 194 valence electrons. The summed E-state index contributed by atoms with van der Waals surface area (Å²) in [5.74, 6) is -0.430. The molecule has 4 unspecified atom stereocenters. The van der Waals surface area contributed by atoms with Crippen molar-refractivity contribution in [2.45, 2.75) is 64.0 Å². The van der Waals surface area contributed by atoms with Crippen molar-refractivity contribution in [2.24, 2.45) is 11.7 Å². The average molecular weight is 569 g/mol. The Labute approximate surface area is 216 Å². The molecule has 2 fully saturated rings. The van der Waals surface area contributed by atoms with Crippen LogP contribution in [0.4, 0.5) is 13.2 Å². The number of nitrogens with two attached hydrogens (primary N) is 1. The number of hydrogen-bond donors (Lipinski definition) is 1. The molecule has 4 atom stereocenters. The van der Waals surface area contributed by atoms with Gasteiger partial charge < -0.3 is 20.1 Å². The molecular formula is C26H28BrF3N2O4. The quantitative estimate of drug-likeness (QED) is 0.451. The van der Waals surface area contributed by atoms with Gasteiger partial charge in [0.2, 0.25) is 5.91 Å². The third-order valence-electron chi connectivity index (χ3n) is 6.94. The van der Waals surface area contributed by atoms with E-state index in [1.807, 2.05) is 18.7 Å². The molecule has 6 nitrogen and oxygen atoms in total. The van der Waals surface area contributed by atoms with E-state index in [-0.39, 0.29) is 42.1 Å². The standard InChI is InChI=1S/C26H28BrF3N2O4/c1-3-14(2)17-10-15(4-6-23(17)36-26(28,29)30)11-24(33)32-9-8-22(18-13-20(18)32)35-21-7-5-16(27)12-19(21)25(31)34/h4-7,10,12,14,18,20,22H,3,8-9,11,13H2,1-2H3,(H2,31,34). The van der Waals surface area contributed by atoms with E-state index in [4.69, 9.17) is 10.5 Å². The van der Waals surface area contributed by atoms with Crippen LogP contribution in [0.15, 0.2) is 40.9 Å². The molecule has 0 bridgehead atoms. The van der Waals surface area contributed by atoms with Crippen molar-refractivity contribution in [3.8, 4) is 11.5 Å². The molecule has 1 aliphatic carbocycles. The number of benzene rings is 2. The van der Waals surface area contributed by atoms with Gasteiger partial charge in [0.05, 0.1) is 12.0 Å². The zero-order chi connectivity index (χ0) is 26.2. The lowest BCUT2D eigenvalue weighted by atomic mass is 9.94. The molecule has 4 rings (SSSR count). The number of alkyl halides is 3. The number of nitrogens with zero attached hydrogens (tertiary/aromatic N) is 1. The van der Waals surface area contributed by atoms with Crippen LogP contribution < -0.4 is 15.2 Å². The smallest absolute Gasteiger partial charge is 0.489 e. The van der Waals surface area contributed by atoms with Crippen LogP contribution in [0, 0.1) is 5.92 Å². The van der Waals surface area contributed by atoms with Gasteiger partial charge in [0.1, 0.15) is 17.6 Å². The molecule has 36 heavy (non-hydrogen) atoms. The topological polar surface area (TPSA) is 81.9 Å². The van der Waals surface area contributed by atoms with Gasteiger partial charge in [0, 0.05) is 29.4 Å². The first-order valence-corrected chi connectivity index (χ1v) is 12.7. The van der Waals surface area contributed by atoms with Crippen molar-refractivity contribution >= 4 is 27.7 Å². The number of halogens is 4. The lowest BCUT2D eigenvalue weighted by molar-refractivity contribution is -0.275. The first-order valence-electron chi connectivity index (χ1n) is 11.9. The van der Waals surface area contributed by atoms with Gasteiger partial charge in [-0.15, -0.1) is 13.2 Å². The van der Waals surface area contributed by atoms with Crippen molar-refractivity contribution < 1.29 is 32.2 Å². The highest BCUT2D eigenvalue weighted by atomic mass is 79.9. The Morgan fingerprint density at radius 1 is 1.19 bits per heavy atom. The van der Waals surface area contributed by atoms with Crippen LogP contribution in [0.5, 0.6) is 11.5 Å². The summed E-state index contributed by atoms with van der Waals surface area (Å²) in [5.41, 5.74) is 6.89. The van der Waals surface area contributed by atoms with Crippen molar-refractivity contribution in [3.63, 3.8) is 0 Å². The fourth-order valence-electron chi connectivity index (χ4n) is 4.83. The van der Waals surface area contributed by atoms with Gasteiger partial charge in [-0.2, -0.15) is 0 Å². The van der Waals surface area contributed by atoms with Gasteiger partial charge in [-0.3, -0.25) is 9.59 Å². The molecule has 2 N–H and O–H groups in total. The zero-order valence-electron chi connectivity index (χ0n) is 20.0. The molecule has 10 heteroatoms. The van der Waals surface area contributed by atoms with E-state index >= 15 is 0 Å². The maximum Gasteiger partial charge on any atom is 0.573 e. The van der Waals surface area contributed by atoms with Gasteiger partial charge in [0.15, 0.2) is 0 Å². The number of carbonyl (C=O) groups is 2. The Kier molecular flexibility index (Phi) is 7.54. The lowest BCUT2D eigenvalue weighted by Crippen LogP contribution is -2.43. The van der Waals surface area contributed by atoms with Gasteiger partial charge in [-0.25, -0.2) is 0 Å². The number of primary amides is 1. The minimum Gasteiger partial charge on any atom is -0.489 e. The third-order valence-corrected chi connectivity index (χ3v) is 7.43. The van der Waals surface area contributed by atoms with Crippen molar-refractivity contribution in [3.05, 3.63) is 57.6 Å². The summed E-state index contributed by atoms with van der Waals surface area (Å²) >= 11 is 3.33. The fourth-order valence-corrected chi connectivity index (χ4v) is 5.19. The van der Waals surface area contributed by atoms with Crippen LogP contribution in [0.1, 0.15) is 60.5 Å². The largest absolute Gasteiger partial charge is 0.573 e. The molecule has 0 spiro atoms. The van der Waals surface area contributed by atoms with Crippen molar-refractivity contribution in [2.75, 3.05) is 6.54 Å². The molecule has 1 aliphatic heterocycles. The van der Waals surface area contributed by atoms with Crippen LogP contribution in [0.2, 0.25) is 0 Å². The predicted molar refractivity (Wildman–Crippen MR) is 131 cm³/mol. The van der Waals surface area contributed by atoms with Gasteiger partial charge in [-0.05, 0) is 54.2 Å². The maximum absolute atomic E-state index is 13.1. The van der Waals surface area contributed by atoms with E-state index in [2.05, 4.69) is 20.7 Å². The number of rotatable bonds is 8. The maximum atomic E-state index is 13.1. The molecular weight excluding hydrogens is 541 g/mol. The minimum atomic E-state index is -4.78. The number of hydrogen-bond acceptors (Lipinski definition) is 4.